The van der Waals surface area contributed by atoms with Crippen LogP contribution < -0.4 is 10.1 Å². The van der Waals surface area contributed by atoms with Gasteiger partial charge in [-0.05, 0) is 50.2 Å². The van der Waals surface area contributed by atoms with E-state index in [4.69, 9.17) is 9.72 Å². The molecule has 0 radical (unpaired) electrons. The molecule has 8 heteroatoms. The zero-order chi connectivity index (χ0) is 23.5. The first-order valence-corrected chi connectivity index (χ1v) is 12.0. The zero-order valence-corrected chi connectivity index (χ0v) is 19.7. The molecular formula is C26H23N5O2S. The Morgan fingerprint density at radius 1 is 1.00 bits per heavy atom. The molecule has 3 aromatic carbocycles. The molecule has 0 unspecified atom stereocenters. The molecule has 0 atom stereocenters. The Morgan fingerprint density at radius 2 is 1.76 bits per heavy atom. The molecule has 0 fully saturated rings. The van der Waals surface area contributed by atoms with Crippen molar-refractivity contribution in [2.24, 2.45) is 0 Å². The van der Waals surface area contributed by atoms with Gasteiger partial charge < -0.3 is 10.1 Å². The number of aryl methyl sites for hydroxylation is 1. The fraction of sp³-hybridized carbons (Fsp3) is 0.154. The number of hydrogen-bond donors (Lipinski definition) is 1. The SMILES string of the molecule is CCOc1ccc(NC(=O)CSc2nc3ccccc3n3c(-c4ccc(C)cc4)nnc23)cc1. The second-order valence-electron chi connectivity index (χ2n) is 7.75. The number of carbonyl (C=O) groups is 1. The van der Waals surface area contributed by atoms with Gasteiger partial charge in [0.15, 0.2) is 11.5 Å². The number of rotatable bonds is 7. The average molecular weight is 470 g/mol. The molecule has 7 nitrogen and oxygen atoms in total. The van der Waals surface area contributed by atoms with Gasteiger partial charge in [-0.25, -0.2) is 4.98 Å². The lowest BCUT2D eigenvalue weighted by Crippen LogP contribution is -2.14. The van der Waals surface area contributed by atoms with Crippen LogP contribution in [0.5, 0.6) is 5.75 Å². The quantitative estimate of drug-likeness (QED) is 0.322. The number of benzene rings is 3. The van der Waals surface area contributed by atoms with Crippen molar-refractivity contribution in [3.63, 3.8) is 0 Å². The molecule has 1 amide bonds. The number of carbonyl (C=O) groups excluding carboxylic acids is 1. The lowest BCUT2D eigenvalue weighted by molar-refractivity contribution is -0.113. The van der Waals surface area contributed by atoms with E-state index in [0.717, 1.165) is 33.9 Å². The van der Waals surface area contributed by atoms with E-state index in [-0.39, 0.29) is 11.7 Å². The Morgan fingerprint density at radius 3 is 2.53 bits per heavy atom. The number of para-hydroxylation sites is 2. The molecule has 0 bridgehead atoms. The molecule has 2 heterocycles. The van der Waals surface area contributed by atoms with Gasteiger partial charge >= 0.3 is 0 Å². The van der Waals surface area contributed by atoms with E-state index in [1.165, 1.54) is 17.3 Å². The van der Waals surface area contributed by atoms with Crippen LogP contribution in [0.1, 0.15) is 12.5 Å². The van der Waals surface area contributed by atoms with Gasteiger partial charge in [0.1, 0.15) is 10.8 Å². The molecule has 34 heavy (non-hydrogen) atoms. The largest absolute Gasteiger partial charge is 0.494 e. The Labute approximate surface area is 201 Å². The Balaban J connectivity index is 1.43. The zero-order valence-electron chi connectivity index (χ0n) is 18.9. The predicted octanol–water partition coefficient (Wildman–Crippen LogP) is 5.38. The fourth-order valence-electron chi connectivity index (χ4n) is 3.68. The van der Waals surface area contributed by atoms with Crippen LogP contribution in [0.4, 0.5) is 5.69 Å². The molecule has 1 N–H and O–H groups in total. The van der Waals surface area contributed by atoms with Crippen LogP contribution in [-0.4, -0.2) is 37.8 Å². The highest BCUT2D eigenvalue weighted by atomic mass is 32.2. The van der Waals surface area contributed by atoms with E-state index >= 15 is 0 Å². The summed E-state index contributed by atoms with van der Waals surface area (Å²) in [5.41, 5.74) is 5.24. The summed E-state index contributed by atoms with van der Waals surface area (Å²) in [6.45, 7) is 4.59. The van der Waals surface area contributed by atoms with Gasteiger partial charge in [0.25, 0.3) is 0 Å². The molecule has 2 aromatic heterocycles. The highest BCUT2D eigenvalue weighted by Gasteiger charge is 2.17. The van der Waals surface area contributed by atoms with Crippen molar-refractivity contribution in [2.75, 3.05) is 17.7 Å². The standard InChI is InChI=1S/C26H23N5O2S/c1-3-33-20-14-12-19(13-15-20)27-23(32)16-34-26-25-30-29-24(18-10-8-17(2)9-11-18)31(25)22-7-5-4-6-21(22)28-26/h4-15H,3,16H2,1-2H3,(H,27,32). The molecule has 170 valence electrons. The highest BCUT2D eigenvalue weighted by molar-refractivity contribution is 8.00. The van der Waals surface area contributed by atoms with Crippen LogP contribution in [0.2, 0.25) is 0 Å². The molecule has 5 aromatic rings. The molecule has 5 rings (SSSR count). The van der Waals surface area contributed by atoms with Gasteiger partial charge in [-0.1, -0.05) is 53.7 Å². The summed E-state index contributed by atoms with van der Waals surface area (Å²) >= 11 is 1.34. The molecule has 0 saturated carbocycles. The Kier molecular flexibility index (Phi) is 6.14. The smallest absolute Gasteiger partial charge is 0.234 e. The maximum absolute atomic E-state index is 12.6. The van der Waals surface area contributed by atoms with Gasteiger partial charge in [0.05, 0.1) is 23.4 Å². The number of thioether (sulfide) groups is 1. The number of nitrogens with one attached hydrogen (secondary N) is 1. The van der Waals surface area contributed by atoms with E-state index in [9.17, 15) is 4.79 Å². The maximum Gasteiger partial charge on any atom is 0.234 e. The first-order valence-electron chi connectivity index (χ1n) is 11.0. The summed E-state index contributed by atoms with van der Waals surface area (Å²) in [6, 6.07) is 23.4. The van der Waals surface area contributed by atoms with Crippen molar-refractivity contribution in [1.29, 1.82) is 0 Å². The van der Waals surface area contributed by atoms with Crippen LogP contribution in [0.15, 0.2) is 77.8 Å². The van der Waals surface area contributed by atoms with Crippen molar-refractivity contribution in [3.8, 4) is 17.1 Å². The number of fused-ring (bicyclic) bond motifs is 3. The van der Waals surface area contributed by atoms with E-state index in [0.29, 0.717) is 17.3 Å². The minimum Gasteiger partial charge on any atom is -0.494 e. The van der Waals surface area contributed by atoms with Crippen molar-refractivity contribution in [2.45, 2.75) is 18.9 Å². The monoisotopic (exact) mass is 469 g/mol. The third-order valence-electron chi connectivity index (χ3n) is 5.30. The molecule has 0 saturated heterocycles. The number of ether oxygens (including phenoxy) is 1. The lowest BCUT2D eigenvalue weighted by Gasteiger charge is -2.09. The summed E-state index contributed by atoms with van der Waals surface area (Å²) in [5, 5.41) is 12.5. The third-order valence-corrected chi connectivity index (χ3v) is 6.25. The Bertz CT molecular complexity index is 1460. The van der Waals surface area contributed by atoms with Crippen LogP contribution in [0.3, 0.4) is 0 Å². The van der Waals surface area contributed by atoms with Crippen molar-refractivity contribution >= 4 is 40.0 Å². The molecular weight excluding hydrogens is 446 g/mol. The van der Waals surface area contributed by atoms with Gasteiger partial charge in [-0.2, -0.15) is 0 Å². The van der Waals surface area contributed by atoms with Crippen molar-refractivity contribution in [3.05, 3.63) is 78.4 Å². The molecule has 0 aliphatic heterocycles. The third kappa shape index (κ3) is 4.45. The average Bonchev–Trinajstić information content (AvgIpc) is 3.30. The second kappa shape index (κ2) is 9.52. The van der Waals surface area contributed by atoms with Gasteiger partial charge in [-0.3, -0.25) is 9.20 Å². The molecule has 0 aliphatic carbocycles. The van der Waals surface area contributed by atoms with Gasteiger partial charge in [0.2, 0.25) is 5.91 Å². The summed E-state index contributed by atoms with van der Waals surface area (Å²) in [5.74, 6) is 1.59. The first-order chi connectivity index (χ1) is 16.6. The summed E-state index contributed by atoms with van der Waals surface area (Å²) in [4.78, 5) is 17.4. The topological polar surface area (TPSA) is 81.4 Å². The predicted molar refractivity (Wildman–Crippen MR) is 135 cm³/mol. The first kappa shape index (κ1) is 21.9. The van der Waals surface area contributed by atoms with Crippen molar-refractivity contribution < 1.29 is 9.53 Å². The fourth-order valence-corrected chi connectivity index (χ4v) is 4.44. The van der Waals surface area contributed by atoms with Gasteiger partial charge in [0, 0.05) is 11.3 Å². The van der Waals surface area contributed by atoms with E-state index in [1.54, 1.807) is 0 Å². The Hall–Kier alpha value is -3.91. The van der Waals surface area contributed by atoms with Crippen LogP contribution in [0, 0.1) is 6.92 Å². The highest BCUT2D eigenvalue weighted by Crippen LogP contribution is 2.29. The number of aromatic nitrogens is 4. The number of anilines is 1. The number of nitrogens with zero attached hydrogens (tertiary/aromatic N) is 4. The minimum absolute atomic E-state index is 0.124. The van der Waals surface area contributed by atoms with Crippen molar-refractivity contribution in [1.82, 2.24) is 19.6 Å². The number of hydrogen-bond acceptors (Lipinski definition) is 6. The summed E-state index contributed by atoms with van der Waals surface area (Å²) < 4.78 is 7.46. The second-order valence-corrected chi connectivity index (χ2v) is 8.71. The normalized spacial score (nSPS) is 11.1. The molecule has 0 aliphatic rings. The van der Waals surface area contributed by atoms with E-state index in [2.05, 4.69) is 34.6 Å². The van der Waals surface area contributed by atoms with E-state index in [1.807, 2.05) is 72.0 Å². The lowest BCUT2D eigenvalue weighted by atomic mass is 10.1. The minimum atomic E-state index is -0.124. The van der Waals surface area contributed by atoms with E-state index < -0.39 is 0 Å². The number of amides is 1. The molecule has 0 spiro atoms. The summed E-state index contributed by atoms with van der Waals surface area (Å²) in [6.07, 6.45) is 0. The summed E-state index contributed by atoms with van der Waals surface area (Å²) in [7, 11) is 0. The van der Waals surface area contributed by atoms with Gasteiger partial charge in [-0.15, -0.1) is 10.2 Å². The van der Waals surface area contributed by atoms with Crippen LogP contribution in [0.25, 0.3) is 28.1 Å². The van der Waals surface area contributed by atoms with Crippen LogP contribution >= 0.6 is 11.8 Å². The maximum atomic E-state index is 12.6. The van der Waals surface area contributed by atoms with Crippen LogP contribution in [-0.2, 0) is 4.79 Å².